The van der Waals surface area contributed by atoms with Gasteiger partial charge in [0, 0.05) is 39.9 Å². The number of pyridine rings is 2. The minimum atomic E-state index is 0.685. The van der Waals surface area contributed by atoms with Gasteiger partial charge >= 0.3 is 0 Å². The average Bonchev–Trinajstić information content (AvgIpc) is 3.10. The van der Waals surface area contributed by atoms with Gasteiger partial charge in [-0.25, -0.2) is 9.97 Å². The summed E-state index contributed by atoms with van der Waals surface area (Å²) in [6.45, 7) is 0. The molecule has 0 amide bonds. The molecule has 0 radical (unpaired) electrons. The molecule has 9 aromatic rings. The standard InChI is InChI=1S/C40H24N4/c1-2-10-27-22-29(17-16-25(27)8-1)40-43-36(33-14-5-13-31-30-12-4-3-9-26(30)18-19-32(31)33)24-37(44-40)35-23-28-11-6-20-41-38(28)39-34(35)15-7-21-42-39/h1-24H. The zero-order chi connectivity index (χ0) is 29.0. The molecule has 9 rings (SSSR count). The molecule has 0 aliphatic heterocycles. The SMILES string of the molecule is c1ccc2cc(-c3nc(-c4cccc5c4ccc4ccccc45)cc(-c4cc5cccnc5c5ncccc45)n3)ccc2c1. The number of nitrogens with zero attached hydrogens (tertiary/aromatic N) is 4. The molecule has 0 atom stereocenters. The lowest BCUT2D eigenvalue weighted by Crippen LogP contribution is -1.98. The third kappa shape index (κ3) is 3.92. The van der Waals surface area contributed by atoms with Gasteiger partial charge in [0.1, 0.15) is 0 Å². The molecule has 6 aromatic carbocycles. The van der Waals surface area contributed by atoms with Crippen molar-refractivity contribution in [1.29, 1.82) is 0 Å². The second-order valence-electron chi connectivity index (χ2n) is 11.1. The average molecular weight is 561 g/mol. The third-order valence-electron chi connectivity index (χ3n) is 8.53. The van der Waals surface area contributed by atoms with E-state index in [2.05, 4.69) is 126 Å². The fourth-order valence-electron chi connectivity index (χ4n) is 6.43. The van der Waals surface area contributed by atoms with Crippen molar-refractivity contribution in [3.63, 3.8) is 0 Å². The molecule has 204 valence electrons. The van der Waals surface area contributed by atoms with E-state index in [9.17, 15) is 0 Å². The minimum Gasteiger partial charge on any atom is -0.254 e. The highest BCUT2D eigenvalue weighted by atomic mass is 14.9. The predicted molar refractivity (Wildman–Crippen MR) is 181 cm³/mol. The maximum atomic E-state index is 5.24. The van der Waals surface area contributed by atoms with Crippen molar-refractivity contribution in [1.82, 2.24) is 19.9 Å². The minimum absolute atomic E-state index is 0.685. The van der Waals surface area contributed by atoms with Crippen LogP contribution in [0.3, 0.4) is 0 Å². The molecule has 0 aliphatic carbocycles. The molecule has 0 spiro atoms. The highest BCUT2D eigenvalue weighted by Crippen LogP contribution is 2.38. The van der Waals surface area contributed by atoms with Gasteiger partial charge in [-0.3, -0.25) is 9.97 Å². The van der Waals surface area contributed by atoms with Crippen LogP contribution in [0.4, 0.5) is 0 Å². The largest absolute Gasteiger partial charge is 0.254 e. The van der Waals surface area contributed by atoms with Crippen LogP contribution in [0.2, 0.25) is 0 Å². The molecule has 4 nitrogen and oxygen atoms in total. The van der Waals surface area contributed by atoms with Gasteiger partial charge in [0.25, 0.3) is 0 Å². The van der Waals surface area contributed by atoms with Crippen molar-refractivity contribution in [2.45, 2.75) is 0 Å². The molecule has 44 heavy (non-hydrogen) atoms. The van der Waals surface area contributed by atoms with Crippen LogP contribution in [0.1, 0.15) is 0 Å². The first-order valence-corrected chi connectivity index (χ1v) is 14.7. The fourth-order valence-corrected chi connectivity index (χ4v) is 6.43. The van der Waals surface area contributed by atoms with Crippen molar-refractivity contribution in [2.75, 3.05) is 0 Å². The molecule has 4 heteroatoms. The Morgan fingerprint density at radius 2 is 1.05 bits per heavy atom. The molecule has 0 unspecified atom stereocenters. The monoisotopic (exact) mass is 560 g/mol. The van der Waals surface area contributed by atoms with E-state index >= 15 is 0 Å². The first kappa shape index (κ1) is 24.6. The zero-order valence-electron chi connectivity index (χ0n) is 23.6. The Morgan fingerprint density at radius 1 is 0.364 bits per heavy atom. The Balaban J connectivity index is 1.36. The van der Waals surface area contributed by atoms with Crippen molar-refractivity contribution < 1.29 is 0 Å². The Bertz CT molecular complexity index is 2570. The van der Waals surface area contributed by atoms with Gasteiger partial charge in [-0.2, -0.15) is 0 Å². The quantitative estimate of drug-likeness (QED) is 0.202. The first-order chi connectivity index (χ1) is 21.8. The Kier molecular flexibility index (Phi) is 5.47. The Morgan fingerprint density at radius 3 is 1.95 bits per heavy atom. The van der Waals surface area contributed by atoms with Crippen LogP contribution in [0.5, 0.6) is 0 Å². The van der Waals surface area contributed by atoms with Crippen molar-refractivity contribution >= 4 is 54.1 Å². The summed E-state index contributed by atoms with van der Waals surface area (Å²) in [4.78, 5) is 19.9. The normalized spacial score (nSPS) is 11.6. The van der Waals surface area contributed by atoms with Crippen LogP contribution in [0.15, 0.2) is 146 Å². The van der Waals surface area contributed by atoms with Crippen molar-refractivity contribution in [3.05, 3.63) is 146 Å². The molecule has 0 N–H and O–H groups in total. The number of hydrogen-bond acceptors (Lipinski definition) is 4. The molecule has 0 fully saturated rings. The summed E-state index contributed by atoms with van der Waals surface area (Å²) in [5.74, 6) is 0.685. The van der Waals surface area contributed by atoms with Gasteiger partial charge in [0.05, 0.1) is 22.4 Å². The lowest BCUT2D eigenvalue weighted by molar-refractivity contribution is 1.19. The van der Waals surface area contributed by atoms with Crippen LogP contribution >= 0.6 is 0 Å². The maximum absolute atomic E-state index is 5.24. The van der Waals surface area contributed by atoms with E-state index < -0.39 is 0 Å². The predicted octanol–water partition coefficient (Wildman–Crippen LogP) is 10.0. The summed E-state index contributed by atoms with van der Waals surface area (Å²) < 4.78 is 0. The van der Waals surface area contributed by atoms with Gasteiger partial charge < -0.3 is 0 Å². The van der Waals surface area contributed by atoms with Crippen molar-refractivity contribution in [3.8, 4) is 33.9 Å². The van der Waals surface area contributed by atoms with E-state index in [0.717, 1.165) is 60.7 Å². The lowest BCUT2D eigenvalue weighted by Gasteiger charge is -2.14. The maximum Gasteiger partial charge on any atom is 0.160 e. The van der Waals surface area contributed by atoms with Gasteiger partial charge in [-0.05, 0) is 62.6 Å². The number of hydrogen-bond donors (Lipinski definition) is 0. The van der Waals surface area contributed by atoms with E-state index in [1.807, 2.05) is 24.5 Å². The number of aromatic nitrogens is 4. The van der Waals surface area contributed by atoms with E-state index in [4.69, 9.17) is 15.0 Å². The zero-order valence-corrected chi connectivity index (χ0v) is 23.6. The lowest BCUT2D eigenvalue weighted by atomic mass is 9.95. The molecule has 0 aliphatic rings. The number of rotatable bonds is 3. The Labute approximate surface area is 253 Å². The summed E-state index contributed by atoms with van der Waals surface area (Å²) in [7, 11) is 0. The third-order valence-corrected chi connectivity index (χ3v) is 8.53. The first-order valence-electron chi connectivity index (χ1n) is 14.7. The van der Waals surface area contributed by atoms with Crippen LogP contribution < -0.4 is 0 Å². The van der Waals surface area contributed by atoms with Crippen molar-refractivity contribution in [2.24, 2.45) is 0 Å². The van der Waals surface area contributed by atoms with E-state index in [1.54, 1.807) is 0 Å². The summed E-state index contributed by atoms with van der Waals surface area (Å²) in [6.07, 6.45) is 3.65. The summed E-state index contributed by atoms with van der Waals surface area (Å²) in [5.41, 5.74) is 6.53. The summed E-state index contributed by atoms with van der Waals surface area (Å²) in [5, 5.41) is 9.20. The van der Waals surface area contributed by atoms with E-state index in [0.29, 0.717) is 5.82 Å². The van der Waals surface area contributed by atoms with E-state index in [-0.39, 0.29) is 0 Å². The second-order valence-corrected chi connectivity index (χ2v) is 11.1. The molecule has 0 saturated heterocycles. The van der Waals surface area contributed by atoms with Crippen LogP contribution in [-0.2, 0) is 0 Å². The number of fused-ring (bicyclic) bond motifs is 7. The molecule has 3 aromatic heterocycles. The molecular formula is C40H24N4. The van der Waals surface area contributed by atoms with Crippen LogP contribution in [0, 0.1) is 0 Å². The second kappa shape index (κ2) is 9.79. The van der Waals surface area contributed by atoms with Gasteiger partial charge in [-0.1, -0.05) is 103 Å². The molecule has 0 saturated carbocycles. The summed E-state index contributed by atoms with van der Waals surface area (Å²) in [6, 6.07) is 46.7. The number of benzene rings is 6. The smallest absolute Gasteiger partial charge is 0.160 e. The van der Waals surface area contributed by atoms with Crippen LogP contribution in [-0.4, -0.2) is 19.9 Å². The molecular weight excluding hydrogens is 536 g/mol. The molecule has 0 bridgehead atoms. The van der Waals surface area contributed by atoms with Crippen LogP contribution in [0.25, 0.3) is 88.0 Å². The van der Waals surface area contributed by atoms with Gasteiger partial charge in [0.2, 0.25) is 0 Å². The van der Waals surface area contributed by atoms with E-state index in [1.165, 1.54) is 21.5 Å². The highest BCUT2D eigenvalue weighted by Gasteiger charge is 2.17. The van der Waals surface area contributed by atoms with Gasteiger partial charge in [-0.15, -0.1) is 0 Å². The molecule has 3 heterocycles. The highest BCUT2D eigenvalue weighted by molar-refractivity contribution is 6.13. The van der Waals surface area contributed by atoms with Gasteiger partial charge in [0.15, 0.2) is 5.82 Å². The fraction of sp³-hybridized carbons (Fsp3) is 0. The Hall–Kier alpha value is -6.00. The topological polar surface area (TPSA) is 51.6 Å². The summed E-state index contributed by atoms with van der Waals surface area (Å²) >= 11 is 0.